The maximum absolute atomic E-state index is 11.9. The number of carboxylic acids is 1. The molecule has 1 amide bonds. The van der Waals surface area contributed by atoms with Crippen LogP contribution in [0.5, 0.6) is 0 Å². The van der Waals surface area contributed by atoms with Crippen LogP contribution in [0.2, 0.25) is 0 Å². The van der Waals surface area contributed by atoms with E-state index in [9.17, 15) is 9.59 Å². The molecule has 0 heterocycles. The predicted octanol–water partition coefficient (Wildman–Crippen LogP) is 0.966. The third kappa shape index (κ3) is 2.30. The quantitative estimate of drug-likeness (QED) is 0.737. The zero-order chi connectivity index (χ0) is 11.0. The minimum absolute atomic E-state index is 0.0526. The summed E-state index contributed by atoms with van der Waals surface area (Å²) in [7, 11) is 0. The summed E-state index contributed by atoms with van der Waals surface area (Å²) in [6.45, 7) is 3.49. The molecule has 2 saturated carbocycles. The molecule has 15 heavy (non-hydrogen) atoms. The Balaban J connectivity index is 1.85. The number of hydrogen-bond donors (Lipinski definition) is 1. The zero-order valence-corrected chi connectivity index (χ0v) is 8.98. The van der Waals surface area contributed by atoms with Crippen LogP contribution in [0, 0.1) is 17.8 Å². The largest absolute Gasteiger partial charge is 0.481 e. The number of carbonyl (C=O) groups excluding carboxylic acids is 1. The van der Waals surface area contributed by atoms with E-state index >= 15 is 0 Å². The van der Waals surface area contributed by atoms with Crippen molar-refractivity contribution in [3.05, 3.63) is 0 Å². The van der Waals surface area contributed by atoms with Crippen LogP contribution in [0.3, 0.4) is 0 Å². The molecule has 84 valence electrons. The van der Waals surface area contributed by atoms with Gasteiger partial charge in [0.2, 0.25) is 5.91 Å². The second kappa shape index (κ2) is 3.83. The van der Waals surface area contributed by atoms with Crippen molar-refractivity contribution < 1.29 is 14.7 Å². The highest BCUT2D eigenvalue weighted by atomic mass is 16.4. The lowest BCUT2D eigenvalue weighted by molar-refractivity contribution is -0.142. The molecule has 4 nitrogen and oxygen atoms in total. The Hall–Kier alpha value is -1.06. The SMILES string of the molecule is CCN(CC1CC1)C(=O)[C@@H]1C[C@H]1C(=O)O. The molecule has 1 N–H and O–H groups in total. The van der Waals surface area contributed by atoms with E-state index in [0.717, 1.165) is 6.54 Å². The summed E-state index contributed by atoms with van der Waals surface area (Å²) in [5, 5.41) is 8.75. The van der Waals surface area contributed by atoms with Crippen molar-refractivity contribution >= 4 is 11.9 Å². The number of hydrogen-bond acceptors (Lipinski definition) is 2. The average Bonchev–Trinajstić information content (AvgIpc) is 3.04. The monoisotopic (exact) mass is 211 g/mol. The Labute approximate surface area is 89.3 Å². The molecule has 2 aliphatic rings. The van der Waals surface area contributed by atoms with Crippen LogP contribution in [-0.4, -0.2) is 35.0 Å². The van der Waals surface area contributed by atoms with Gasteiger partial charge in [-0.15, -0.1) is 0 Å². The first kappa shape index (κ1) is 10.5. The molecule has 2 rings (SSSR count). The molecule has 0 bridgehead atoms. The van der Waals surface area contributed by atoms with Crippen molar-refractivity contribution in [3.63, 3.8) is 0 Å². The van der Waals surface area contributed by atoms with Gasteiger partial charge in [0, 0.05) is 13.1 Å². The van der Waals surface area contributed by atoms with Crippen molar-refractivity contribution in [2.45, 2.75) is 26.2 Å². The third-order valence-electron chi connectivity index (χ3n) is 3.29. The van der Waals surface area contributed by atoms with Crippen LogP contribution in [0.4, 0.5) is 0 Å². The molecule has 0 aromatic heterocycles. The number of carbonyl (C=O) groups is 2. The summed E-state index contributed by atoms with van der Waals surface area (Å²) in [6, 6.07) is 0. The Bertz CT molecular complexity index is 286. The summed E-state index contributed by atoms with van der Waals surface area (Å²) in [5.41, 5.74) is 0. The fraction of sp³-hybridized carbons (Fsp3) is 0.818. The van der Waals surface area contributed by atoms with E-state index in [-0.39, 0.29) is 11.8 Å². The molecule has 0 aliphatic heterocycles. The summed E-state index contributed by atoms with van der Waals surface area (Å²) in [4.78, 5) is 24.4. The molecular formula is C11H17NO3. The van der Waals surface area contributed by atoms with Crippen molar-refractivity contribution in [1.82, 2.24) is 4.90 Å². The summed E-state index contributed by atoms with van der Waals surface area (Å²) in [5.74, 6) is -0.740. The highest BCUT2D eigenvalue weighted by molar-refractivity contribution is 5.89. The molecular weight excluding hydrogens is 194 g/mol. The maximum atomic E-state index is 11.9. The number of rotatable bonds is 5. The Morgan fingerprint density at radius 2 is 2.00 bits per heavy atom. The van der Waals surface area contributed by atoms with Crippen LogP contribution in [0.1, 0.15) is 26.2 Å². The van der Waals surface area contributed by atoms with Gasteiger partial charge in [0.1, 0.15) is 0 Å². The summed E-state index contributed by atoms with van der Waals surface area (Å²) >= 11 is 0. The minimum Gasteiger partial charge on any atom is -0.481 e. The highest BCUT2D eigenvalue weighted by Gasteiger charge is 2.49. The smallest absolute Gasteiger partial charge is 0.307 e. The van der Waals surface area contributed by atoms with E-state index in [2.05, 4.69) is 0 Å². The standard InChI is InChI=1S/C11H17NO3/c1-2-12(6-7-3-4-7)10(13)8-5-9(8)11(14)15/h7-9H,2-6H2,1H3,(H,14,15)/t8-,9-/m1/s1. The predicted molar refractivity (Wildman–Crippen MR) is 54.2 cm³/mol. The molecule has 4 heteroatoms. The van der Waals surface area contributed by atoms with E-state index in [4.69, 9.17) is 5.11 Å². The topological polar surface area (TPSA) is 57.6 Å². The van der Waals surface area contributed by atoms with Gasteiger partial charge in [0.05, 0.1) is 11.8 Å². The number of amides is 1. The van der Waals surface area contributed by atoms with Gasteiger partial charge in [0.25, 0.3) is 0 Å². The fourth-order valence-corrected chi connectivity index (χ4v) is 1.96. The van der Waals surface area contributed by atoms with Crippen LogP contribution < -0.4 is 0 Å². The molecule has 0 aromatic rings. The molecule has 2 atom stereocenters. The molecule has 2 aliphatic carbocycles. The van der Waals surface area contributed by atoms with Crippen LogP contribution >= 0.6 is 0 Å². The van der Waals surface area contributed by atoms with E-state index < -0.39 is 11.9 Å². The average molecular weight is 211 g/mol. The van der Waals surface area contributed by atoms with Crippen molar-refractivity contribution in [2.75, 3.05) is 13.1 Å². The first-order valence-corrected chi connectivity index (χ1v) is 5.65. The number of nitrogens with zero attached hydrogens (tertiary/aromatic N) is 1. The number of aliphatic carboxylic acids is 1. The lowest BCUT2D eigenvalue weighted by Gasteiger charge is -2.20. The second-order valence-corrected chi connectivity index (χ2v) is 4.61. The van der Waals surface area contributed by atoms with Crippen molar-refractivity contribution in [2.24, 2.45) is 17.8 Å². The number of carboxylic acid groups (broad SMARTS) is 1. The molecule has 0 radical (unpaired) electrons. The summed E-state index contributed by atoms with van der Waals surface area (Å²) in [6.07, 6.45) is 2.98. The Morgan fingerprint density at radius 1 is 1.33 bits per heavy atom. The summed E-state index contributed by atoms with van der Waals surface area (Å²) < 4.78 is 0. The molecule has 0 saturated heterocycles. The molecule has 2 fully saturated rings. The maximum Gasteiger partial charge on any atom is 0.307 e. The second-order valence-electron chi connectivity index (χ2n) is 4.61. The Kier molecular flexibility index (Phi) is 2.67. The Morgan fingerprint density at radius 3 is 2.40 bits per heavy atom. The minimum atomic E-state index is -0.823. The van der Waals surface area contributed by atoms with Gasteiger partial charge < -0.3 is 10.0 Å². The molecule has 0 spiro atoms. The van der Waals surface area contributed by atoms with Gasteiger partial charge in [-0.25, -0.2) is 0 Å². The van der Waals surface area contributed by atoms with E-state index in [0.29, 0.717) is 18.9 Å². The normalized spacial score (nSPS) is 28.6. The first-order chi connectivity index (χ1) is 7.13. The van der Waals surface area contributed by atoms with Gasteiger partial charge in [-0.05, 0) is 32.1 Å². The lowest BCUT2D eigenvalue weighted by Crippen LogP contribution is -2.34. The van der Waals surface area contributed by atoms with Gasteiger partial charge in [0.15, 0.2) is 0 Å². The van der Waals surface area contributed by atoms with Crippen LogP contribution in [0.25, 0.3) is 0 Å². The zero-order valence-electron chi connectivity index (χ0n) is 8.98. The molecule has 0 unspecified atom stereocenters. The first-order valence-electron chi connectivity index (χ1n) is 5.65. The molecule has 0 aromatic carbocycles. The van der Waals surface area contributed by atoms with Crippen LogP contribution in [0.15, 0.2) is 0 Å². The highest BCUT2D eigenvalue weighted by Crippen LogP contribution is 2.41. The van der Waals surface area contributed by atoms with Gasteiger partial charge in [-0.1, -0.05) is 0 Å². The lowest BCUT2D eigenvalue weighted by atomic mass is 10.2. The fourth-order valence-electron chi connectivity index (χ4n) is 1.96. The van der Waals surface area contributed by atoms with Gasteiger partial charge in [-0.3, -0.25) is 9.59 Å². The van der Waals surface area contributed by atoms with E-state index in [1.165, 1.54) is 12.8 Å². The third-order valence-corrected chi connectivity index (χ3v) is 3.29. The van der Waals surface area contributed by atoms with E-state index in [1.54, 1.807) is 0 Å². The van der Waals surface area contributed by atoms with Crippen LogP contribution in [-0.2, 0) is 9.59 Å². The van der Waals surface area contributed by atoms with Crippen molar-refractivity contribution in [3.8, 4) is 0 Å². The van der Waals surface area contributed by atoms with Gasteiger partial charge in [-0.2, -0.15) is 0 Å². The van der Waals surface area contributed by atoms with E-state index in [1.807, 2.05) is 11.8 Å². The van der Waals surface area contributed by atoms with Crippen molar-refractivity contribution in [1.29, 1.82) is 0 Å². The van der Waals surface area contributed by atoms with Gasteiger partial charge >= 0.3 is 5.97 Å².